The van der Waals surface area contributed by atoms with Crippen molar-refractivity contribution < 1.29 is 19.1 Å². The molecule has 0 bridgehead atoms. The summed E-state index contributed by atoms with van der Waals surface area (Å²) in [4.78, 5) is 24.0. The molecule has 0 aliphatic rings. The molecule has 178 valence electrons. The Kier molecular flexibility index (Phi) is 11.8. The highest BCUT2D eigenvalue weighted by molar-refractivity contribution is 9.10. The van der Waals surface area contributed by atoms with Gasteiger partial charge in [0.15, 0.2) is 0 Å². The van der Waals surface area contributed by atoms with E-state index >= 15 is 0 Å². The minimum atomic E-state index is -0.411. The first kappa shape index (κ1) is 27.0. The standard InChI is InChI=1S/C24H24Br2N4O4/c1-3-11-33-21-7-5-19(25)13-17(21)15-27-29-23(31)9-10-24(32)30-28-16-18-14-20(26)6-8-22(18)34-12-4-2/h3-8,13-16H,1-2,9-12H2,(H,29,31)(H,30,32)/b27-15-,28-16-. The van der Waals surface area contributed by atoms with Gasteiger partial charge in [-0.1, -0.05) is 57.2 Å². The van der Waals surface area contributed by atoms with E-state index in [9.17, 15) is 9.59 Å². The fourth-order valence-corrected chi connectivity index (χ4v) is 3.24. The second-order valence-corrected chi connectivity index (χ2v) is 8.48. The Bertz CT molecular complexity index is 1000. The molecule has 0 heterocycles. The van der Waals surface area contributed by atoms with Crippen LogP contribution in [0.3, 0.4) is 0 Å². The molecule has 0 saturated heterocycles. The molecule has 2 amide bonds. The van der Waals surface area contributed by atoms with Crippen LogP contribution in [0.1, 0.15) is 24.0 Å². The van der Waals surface area contributed by atoms with Crippen molar-refractivity contribution in [1.82, 2.24) is 10.9 Å². The van der Waals surface area contributed by atoms with Gasteiger partial charge in [-0.25, -0.2) is 10.9 Å². The second-order valence-electron chi connectivity index (χ2n) is 6.65. The van der Waals surface area contributed by atoms with Crippen LogP contribution in [0.5, 0.6) is 11.5 Å². The molecule has 2 aromatic carbocycles. The zero-order chi connectivity index (χ0) is 24.8. The summed E-state index contributed by atoms with van der Waals surface area (Å²) in [7, 11) is 0. The predicted molar refractivity (Wildman–Crippen MR) is 140 cm³/mol. The average molecular weight is 592 g/mol. The highest BCUT2D eigenvalue weighted by Gasteiger charge is 2.07. The lowest BCUT2D eigenvalue weighted by Gasteiger charge is -2.07. The lowest BCUT2D eigenvalue weighted by atomic mass is 10.2. The first-order valence-corrected chi connectivity index (χ1v) is 11.7. The maximum absolute atomic E-state index is 12.0. The second kappa shape index (κ2) is 14.8. The van der Waals surface area contributed by atoms with Crippen LogP contribution in [0.25, 0.3) is 0 Å². The number of benzene rings is 2. The van der Waals surface area contributed by atoms with Crippen LogP contribution < -0.4 is 20.3 Å². The number of hydrogen-bond donors (Lipinski definition) is 2. The third-order valence-electron chi connectivity index (χ3n) is 4.02. The zero-order valence-corrected chi connectivity index (χ0v) is 21.5. The van der Waals surface area contributed by atoms with Gasteiger partial charge in [-0.2, -0.15) is 10.2 Å². The summed E-state index contributed by atoms with van der Waals surface area (Å²) in [5.41, 5.74) is 6.14. The van der Waals surface area contributed by atoms with E-state index in [1.54, 1.807) is 36.4 Å². The van der Waals surface area contributed by atoms with Gasteiger partial charge in [-0.05, 0) is 36.4 Å². The van der Waals surface area contributed by atoms with Crippen LogP contribution in [0.2, 0.25) is 0 Å². The largest absolute Gasteiger partial charge is 0.489 e. The number of nitrogens with zero attached hydrogens (tertiary/aromatic N) is 2. The Morgan fingerprint density at radius 3 is 1.59 bits per heavy atom. The van der Waals surface area contributed by atoms with Gasteiger partial charge in [0, 0.05) is 32.9 Å². The molecule has 2 aromatic rings. The van der Waals surface area contributed by atoms with Crippen molar-refractivity contribution in [2.24, 2.45) is 10.2 Å². The summed E-state index contributed by atoms with van der Waals surface area (Å²) in [6, 6.07) is 10.8. The Balaban J connectivity index is 1.82. The quantitative estimate of drug-likeness (QED) is 0.200. The maximum atomic E-state index is 12.0. The number of nitrogens with one attached hydrogen (secondary N) is 2. The molecule has 10 heteroatoms. The highest BCUT2D eigenvalue weighted by atomic mass is 79.9. The van der Waals surface area contributed by atoms with Crippen molar-refractivity contribution in [1.29, 1.82) is 0 Å². The molecule has 0 fully saturated rings. The molecule has 0 aromatic heterocycles. The number of carbonyl (C=O) groups is 2. The van der Waals surface area contributed by atoms with Crippen LogP contribution in [0.15, 0.2) is 80.9 Å². The summed E-state index contributed by atoms with van der Waals surface area (Å²) in [6.45, 7) is 7.92. The van der Waals surface area contributed by atoms with E-state index in [1.165, 1.54) is 12.4 Å². The average Bonchev–Trinajstić information content (AvgIpc) is 2.82. The van der Waals surface area contributed by atoms with E-state index in [4.69, 9.17) is 9.47 Å². The molecule has 0 radical (unpaired) electrons. The molecule has 0 aliphatic heterocycles. The van der Waals surface area contributed by atoms with E-state index < -0.39 is 11.8 Å². The molecule has 2 N–H and O–H groups in total. The SMILES string of the molecule is C=CCOc1ccc(Br)cc1/C=N\NC(=O)CCC(=O)N/N=C\c1cc(Br)ccc1OCC=C. The summed E-state index contributed by atoms with van der Waals surface area (Å²) in [5.74, 6) is 0.376. The lowest BCUT2D eigenvalue weighted by molar-refractivity contribution is -0.126. The van der Waals surface area contributed by atoms with E-state index in [1.807, 2.05) is 12.1 Å². The predicted octanol–water partition coefficient (Wildman–Crippen LogP) is 4.72. The topological polar surface area (TPSA) is 101 Å². The van der Waals surface area contributed by atoms with Gasteiger partial charge in [0.1, 0.15) is 24.7 Å². The van der Waals surface area contributed by atoms with Crippen molar-refractivity contribution in [3.63, 3.8) is 0 Å². The van der Waals surface area contributed by atoms with E-state index in [2.05, 4.69) is 66.1 Å². The van der Waals surface area contributed by atoms with Crippen molar-refractivity contribution in [3.05, 3.63) is 81.8 Å². The van der Waals surface area contributed by atoms with Crippen LogP contribution in [0.4, 0.5) is 0 Å². The normalized spacial score (nSPS) is 10.8. The number of rotatable bonds is 13. The molecule has 8 nitrogen and oxygen atoms in total. The van der Waals surface area contributed by atoms with E-state index in [-0.39, 0.29) is 12.8 Å². The van der Waals surface area contributed by atoms with Crippen LogP contribution in [0, 0.1) is 0 Å². The Hall–Kier alpha value is -3.24. The van der Waals surface area contributed by atoms with Gasteiger partial charge in [0.05, 0.1) is 12.4 Å². The number of ether oxygens (including phenoxy) is 2. The van der Waals surface area contributed by atoms with Gasteiger partial charge in [0.25, 0.3) is 0 Å². The summed E-state index contributed by atoms with van der Waals surface area (Å²) >= 11 is 6.77. The Labute approximate surface area is 215 Å². The molecular formula is C24H24Br2N4O4. The lowest BCUT2D eigenvalue weighted by Crippen LogP contribution is -2.22. The number of halogens is 2. The third-order valence-corrected chi connectivity index (χ3v) is 5.01. The Morgan fingerprint density at radius 2 is 1.21 bits per heavy atom. The zero-order valence-electron chi connectivity index (χ0n) is 18.3. The molecule has 34 heavy (non-hydrogen) atoms. The fourth-order valence-electron chi connectivity index (χ4n) is 2.49. The van der Waals surface area contributed by atoms with Crippen LogP contribution >= 0.6 is 31.9 Å². The third kappa shape index (κ3) is 9.72. The molecule has 0 saturated carbocycles. The molecular weight excluding hydrogens is 568 g/mol. The summed E-state index contributed by atoms with van der Waals surface area (Å²) in [5, 5.41) is 7.87. The number of hydrazone groups is 2. The number of amides is 2. The van der Waals surface area contributed by atoms with Crippen LogP contribution in [-0.4, -0.2) is 37.5 Å². The monoisotopic (exact) mass is 590 g/mol. The first-order chi connectivity index (χ1) is 16.4. The van der Waals surface area contributed by atoms with Crippen LogP contribution in [-0.2, 0) is 9.59 Å². The minimum Gasteiger partial charge on any atom is -0.489 e. The van der Waals surface area contributed by atoms with Crippen molar-refractivity contribution in [2.45, 2.75) is 12.8 Å². The summed E-state index contributed by atoms with van der Waals surface area (Å²) in [6.07, 6.45) is 6.09. The van der Waals surface area contributed by atoms with E-state index in [0.717, 1.165) is 8.95 Å². The minimum absolute atomic E-state index is 0.0540. The van der Waals surface area contributed by atoms with Gasteiger partial charge in [-0.3, -0.25) is 9.59 Å². The fraction of sp³-hybridized carbons (Fsp3) is 0.167. The molecule has 0 unspecified atom stereocenters. The van der Waals surface area contributed by atoms with Gasteiger partial charge in [0.2, 0.25) is 11.8 Å². The number of carbonyl (C=O) groups excluding carboxylic acids is 2. The maximum Gasteiger partial charge on any atom is 0.240 e. The Morgan fingerprint density at radius 1 is 0.794 bits per heavy atom. The van der Waals surface area contributed by atoms with Crippen molar-refractivity contribution in [3.8, 4) is 11.5 Å². The van der Waals surface area contributed by atoms with E-state index in [0.29, 0.717) is 35.8 Å². The number of hydrogen-bond acceptors (Lipinski definition) is 6. The molecule has 2 rings (SSSR count). The molecule has 0 aliphatic carbocycles. The smallest absolute Gasteiger partial charge is 0.240 e. The van der Waals surface area contributed by atoms with Crippen molar-refractivity contribution in [2.75, 3.05) is 13.2 Å². The highest BCUT2D eigenvalue weighted by Crippen LogP contribution is 2.22. The van der Waals surface area contributed by atoms with Gasteiger partial charge >= 0.3 is 0 Å². The van der Waals surface area contributed by atoms with Gasteiger partial charge in [-0.15, -0.1) is 0 Å². The summed E-state index contributed by atoms with van der Waals surface area (Å²) < 4.78 is 12.8. The molecule has 0 atom stereocenters. The first-order valence-electron chi connectivity index (χ1n) is 10.1. The van der Waals surface area contributed by atoms with Crippen molar-refractivity contribution >= 4 is 56.1 Å². The molecule has 0 spiro atoms. The van der Waals surface area contributed by atoms with Gasteiger partial charge < -0.3 is 9.47 Å².